The first-order valence-electron chi connectivity index (χ1n) is 10.5. The van der Waals surface area contributed by atoms with Gasteiger partial charge in [-0.3, -0.25) is 19.6 Å². The molecule has 0 saturated heterocycles. The van der Waals surface area contributed by atoms with E-state index in [0.717, 1.165) is 29.2 Å². The van der Waals surface area contributed by atoms with Crippen LogP contribution in [-0.2, 0) is 11.2 Å². The number of fused-ring (bicyclic) bond motifs is 1. The number of pyridine rings is 2. The van der Waals surface area contributed by atoms with Crippen LogP contribution in [0.4, 0.5) is 5.82 Å². The number of hydrogen-bond acceptors (Lipinski definition) is 5. The summed E-state index contributed by atoms with van der Waals surface area (Å²) in [5.74, 6) is 0.253. The van der Waals surface area contributed by atoms with E-state index in [9.17, 15) is 9.59 Å². The number of hydrogen-bond donors (Lipinski definition) is 2. The van der Waals surface area contributed by atoms with Crippen LogP contribution >= 0.6 is 0 Å². The van der Waals surface area contributed by atoms with E-state index in [1.165, 1.54) is 0 Å². The van der Waals surface area contributed by atoms with Crippen molar-refractivity contribution in [1.82, 2.24) is 24.8 Å². The van der Waals surface area contributed by atoms with Gasteiger partial charge in [-0.2, -0.15) is 0 Å². The average Bonchev–Trinajstić information content (AvgIpc) is 3.24. The van der Waals surface area contributed by atoms with Crippen molar-refractivity contribution in [2.24, 2.45) is 0 Å². The molecule has 1 aliphatic carbocycles. The zero-order chi connectivity index (χ0) is 21.9. The van der Waals surface area contributed by atoms with Gasteiger partial charge in [0.15, 0.2) is 5.82 Å². The minimum absolute atomic E-state index is 0.107. The molecular formula is C24H22N6O2. The number of anilines is 1. The van der Waals surface area contributed by atoms with Gasteiger partial charge in [-0.1, -0.05) is 24.3 Å². The molecule has 3 aromatic heterocycles. The van der Waals surface area contributed by atoms with Crippen molar-refractivity contribution in [1.29, 1.82) is 0 Å². The molecule has 8 nitrogen and oxygen atoms in total. The molecule has 32 heavy (non-hydrogen) atoms. The third kappa shape index (κ3) is 4.20. The number of imidazole rings is 1. The summed E-state index contributed by atoms with van der Waals surface area (Å²) in [5.41, 5.74) is 1.37. The minimum Gasteiger partial charge on any atom is -0.348 e. The molecule has 1 aliphatic rings. The molecule has 1 fully saturated rings. The predicted octanol–water partition coefficient (Wildman–Crippen LogP) is 3.14. The highest BCUT2D eigenvalue weighted by molar-refractivity contribution is 5.95. The van der Waals surface area contributed by atoms with Crippen molar-refractivity contribution in [3.8, 4) is 0 Å². The van der Waals surface area contributed by atoms with E-state index in [-0.39, 0.29) is 30.3 Å². The summed E-state index contributed by atoms with van der Waals surface area (Å²) in [5, 5.41) is 7.92. The van der Waals surface area contributed by atoms with Gasteiger partial charge in [-0.25, -0.2) is 4.98 Å². The van der Waals surface area contributed by atoms with Gasteiger partial charge in [0.25, 0.3) is 5.91 Å². The zero-order valence-electron chi connectivity index (χ0n) is 17.3. The van der Waals surface area contributed by atoms with Crippen LogP contribution in [0.3, 0.4) is 0 Å². The maximum absolute atomic E-state index is 12.6. The largest absolute Gasteiger partial charge is 0.348 e. The molecule has 2 amide bonds. The van der Waals surface area contributed by atoms with Crippen LogP contribution in [0.15, 0.2) is 73.6 Å². The number of nitrogens with zero attached hydrogens (tertiary/aromatic N) is 4. The molecule has 160 valence electrons. The van der Waals surface area contributed by atoms with Crippen molar-refractivity contribution >= 4 is 28.4 Å². The van der Waals surface area contributed by atoms with Gasteiger partial charge in [-0.05, 0) is 42.0 Å². The molecular weight excluding hydrogens is 404 g/mol. The Bertz CT molecular complexity index is 1260. The van der Waals surface area contributed by atoms with E-state index < -0.39 is 0 Å². The molecule has 4 aromatic rings. The number of nitrogens with one attached hydrogen (secondary N) is 2. The molecule has 1 aromatic carbocycles. The Morgan fingerprint density at radius 1 is 1.03 bits per heavy atom. The molecule has 0 aliphatic heterocycles. The van der Waals surface area contributed by atoms with Gasteiger partial charge in [0, 0.05) is 42.3 Å². The van der Waals surface area contributed by atoms with E-state index >= 15 is 0 Å². The number of aromatic nitrogens is 4. The van der Waals surface area contributed by atoms with Crippen molar-refractivity contribution in [3.63, 3.8) is 0 Å². The molecule has 5 rings (SSSR count). The second kappa shape index (κ2) is 8.58. The topological polar surface area (TPSA) is 102 Å². The fourth-order valence-corrected chi connectivity index (χ4v) is 4.01. The monoisotopic (exact) mass is 426 g/mol. The van der Waals surface area contributed by atoms with Crippen LogP contribution in [-0.4, -0.2) is 37.4 Å². The van der Waals surface area contributed by atoms with Gasteiger partial charge in [0.05, 0.1) is 12.7 Å². The van der Waals surface area contributed by atoms with Crippen molar-refractivity contribution in [2.45, 2.75) is 31.3 Å². The Morgan fingerprint density at radius 3 is 2.78 bits per heavy atom. The van der Waals surface area contributed by atoms with Crippen LogP contribution in [0.25, 0.3) is 10.8 Å². The lowest BCUT2D eigenvalue weighted by Crippen LogP contribution is -2.45. The maximum Gasteiger partial charge on any atom is 0.270 e. The predicted molar refractivity (Wildman–Crippen MR) is 120 cm³/mol. The molecule has 0 unspecified atom stereocenters. The normalized spacial score (nSPS) is 17.5. The molecule has 0 atom stereocenters. The Balaban J connectivity index is 1.15. The van der Waals surface area contributed by atoms with Gasteiger partial charge in [-0.15, -0.1) is 0 Å². The highest BCUT2D eigenvalue weighted by atomic mass is 16.2. The van der Waals surface area contributed by atoms with Crippen molar-refractivity contribution in [2.75, 3.05) is 5.32 Å². The van der Waals surface area contributed by atoms with E-state index in [1.807, 2.05) is 35.0 Å². The summed E-state index contributed by atoms with van der Waals surface area (Å²) < 4.78 is 1.99. The highest BCUT2D eigenvalue weighted by Crippen LogP contribution is 2.33. The lowest BCUT2D eigenvalue weighted by Gasteiger charge is -2.36. The van der Waals surface area contributed by atoms with Gasteiger partial charge in [0.1, 0.15) is 5.69 Å². The lowest BCUT2D eigenvalue weighted by molar-refractivity contribution is -0.115. The van der Waals surface area contributed by atoms with E-state index in [4.69, 9.17) is 0 Å². The number of carbonyl (C=O) groups is 2. The fraction of sp³-hybridized carbons (Fsp3) is 0.208. The zero-order valence-corrected chi connectivity index (χ0v) is 17.3. The van der Waals surface area contributed by atoms with E-state index in [2.05, 4.69) is 25.6 Å². The Hall–Kier alpha value is -4.07. The molecule has 0 bridgehead atoms. The van der Waals surface area contributed by atoms with Gasteiger partial charge < -0.3 is 15.2 Å². The molecule has 1 saturated carbocycles. The fourth-order valence-electron chi connectivity index (χ4n) is 4.01. The minimum atomic E-state index is -0.156. The summed E-state index contributed by atoms with van der Waals surface area (Å²) in [6.45, 7) is 0. The molecule has 2 N–H and O–H groups in total. The maximum atomic E-state index is 12.6. The number of benzene rings is 1. The van der Waals surface area contributed by atoms with Crippen LogP contribution in [0.2, 0.25) is 0 Å². The lowest BCUT2D eigenvalue weighted by atomic mass is 9.86. The molecule has 8 heteroatoms. The second-order valence-corrected chi connectivity index (χ2v) is 7.96. The smallest absolute Gasteiger partial charge is 0.270 e. The number of rotatable bonds is 6. The molecule has 3 heterocycles. The number of carbonyl (C=O) groups excluding carboxylic acids is 2. The van der Waals surface area contributed by atoms with Crippen molar-refractivity contribution in [3.05, 3.63) is 84.8 Å². The quantitative estimate of drug-likeness (QED) is 0.493. The molecule has 0 spiro atoms. The second-order valence-electron chi connectivity index (χ2n) is 7.96. The first kappa shape index (κ1) is 19.9. The third-order valence-corrected chi connectivity index (χ3v) is 5.76. The van der Waals surface area contributed by atoms with Crippen LogP contribution in [0.1, 0.15) is 34.9 Å². The third-order valence-electron chi connectivity index (χ3n) is 5.76. The van der Waals surface area contributed by atoms with Gasteiger partial charge >= 0.3 is 0 Å². The summed E-state index contributed by atoms with van der Waals surface area (Å²) in [4.78, 5) is 37.3. The Labute approximate surface area is 184 Å². The Morgan fingerprint density at radius 2 is 1.94 bits per heavy atom. The number of amides is 2. The van der Waals surface area contributed by atoms with Crippen LogP contribution in [0.5, 0.6) is 0 Å². The Kier molecular flexibility index (Phi) is 5.33. The van der Waals surface area contributed by atoms with E-state index in [0.29, 0.717) is 11.5 Å². The van der Waals surface area contributed by atoms with Gasteiger partial charge in [0.2, 0.25) is 5.91 Å². The standard InChI is InChI=1S/C24H22N6O2/c31-23(10-16-4-3-5-17-13-25-9-7-20(16)17)29-22-14-30(15-27-22)19-11-18(12-19)28-24(32)21-6-1-2-8-26-21/h1-9,13-15,18-19H,10-12H2,(H,28,32)(H,29,31). The average molecular weight is 426 g/mol. The first-order chi connectivity index (χ1) is 15.7. The molecule has 0 radical (unpaired) electrons. The highest BCUT2D eigenvalue weighted by Gasteiger charge is 2.32. The van der Waals surface area contributed by atoms with Crippen LogP contribution in [0, 0.1) is 0 Å². The summed E-state index contributed by atoms with van der Waals surface area (Å²) in [6, 6.07) is 13.4. The summed E-state index contributed by atoms with van der Waals surface area (Å²) in [6.07, 6.45) is 10.6. The summed E-state index contributed by atoms with van der Waals surface area (Å²) >= 11 is 0. The first-order valence-corrected chi connectivity index (χ1v) is 10.5. The summed E-state index contributed by atoms with van der Waals surface area (Å²) in [7, 11) is 0. The van der Waals surface area contributed by atoms with E-state index in [1.54, 1.807) is 43.1 Å². The van der Waals surface area contributed by atoms with Crippen LogP contribution < -0.4 is 10.6 Å². The SMILES string of the molecule is O=C(Cc1cccc2cnccc12)Nc1cn(C2CC(NC(=O)c3ccccn3)C2)cn1. The van der Waals surface area contributed by atoms with Crippen molar-refractivity contribution < 1.29 is 9.59 Å².